The zero-order valence-corrected chi connectivity index (χ0v) is 11.9. The first-order valence-corrected chi connectivity index (χ1v) is 7.22. The highest BCUT2D eigenvalue weighted by Crippen LogP contribution is 2.21. The lowest BCUT2D eigenvalue weighted by atomic mass is 10.0. The normalized spacial score (nSPS) is 18.9. The fourth-order valence-corrected chi connectivity index (χ4v) is 2.55. The van der Waals surface area contributed by atoms with Crippen molar-refractivity contribution >= 4 is 11.6 Å². The molecule has 1 aromatic carbocycles. The van der Waals surface area contributed by atoms with E-state index in [-0.39, 0.29) is 6.10 Å². The molecule has 0 amide bonds. The fraction of sp³-hybridized carbons (Fsp3) is 0.312. The third-order valence-corrected chi connectivity index (χ3v) is 3.68. The minimum absolute atomic E-state index is 0.266. The van der Waals surface area contributed by atoms with Crippen molar-refractivity contribution in [2.24, 2.45) is 0 Å². The molecule has 0 aliphatic carbocycles. The number of benzene rings is 1. The summed E-state index contributed by atoms with van der Waals surface area (Å²) in [5.74, 6) is 0. The topological polar surface area (TPSA) is 34.1 Å². The van der Waals surface area contributed by atoms with Crippen LogP contribution in [-0.4, -0.2) is 30.8 Å². The summed E-state index contributed by atoms with van der Waals surface area (Å²) >= 11 is 5.82. The van der Waals surface area contributed by atoms with Crippen LogP contribution in [0.3, 0.4) is 0 Å². The van der Waals surface area contributed by atoms with Gasteiger partial charge in [-0.3, -0.25) is 0 Å². The molecule has 1 atom stereocenters. The molecule has 2 heterocycles. The molecule has 1 fully saturated rings. The first-order chi connectivity index (χ1) is 9.81. The van der Waals surface area contributed by atoms with E-state index in [1.807, 2.05) is 12.1 Å². The highest BCUT2D eigenvalue weighted by atomic mass is 35.5. The highest BCUT2D eigenvalue weighted by molar-refractivity contribution is 6.29. The summed E-state index contributed by atoms with van der Waals surface area (Å²) < 4.78 is 5.75. The molecule has 1 N–H and O–H groups in total. The van der Waals surface area contributed by atoms with E-state index in [9.17, 15) is 0 Å². The molecule has 20 heavy (non-hydrogen) atoms. The first kappa shape index (κ1) is 13.6. The molecule has 1 aliphatic heterocycles. The second-order valence-corrected chi connectivity index (χ2v) is 5.36. The quantitative estimate of drug-likeness (QED) is 0.882. The highest BCUT2D eigenvalue weighted by Gasteiger charge is 2.14. The molecule has 1 saturated heterocycles. The van der Waals surface area contributed by atoms with Crippen molar-refractivity contribution in [2.75, 3.05) is 19.7 Å². The van der Waals surface area contributed by atoms with E-state index in [1.165, 1.54) is 5.56 Å². The maximum atomic E-state index is 5.82. The van der Waals surface area contributed by atoms with Crippen LogP contribution < -0.4 is 5.32 Å². The van der Waals surface area contributed by atoms with E-state index < -0.39 is 0 Å². The Hall–Kier alpha value is -1.42. The smallest absolute Gasteiger partial charge is 0.129 e. The number of aromatic nitrogens is 1. The second kappa shape index (κ2) is 6.35. The van der Waals surface area contributed by atoms with Crippen LogP contribution in [0.2, 0.25) is 5.15 Å². The van der Waals surface area contributed by atoms with Crippen molar-refractivity contribution in [3.05, 3.63) is 53.3 Å². The Morgan fingerprint density at radius 3 is 2.95 bits per heavy atom. The van der Waals surface area contributed by atoms with Gasteiger partial charge in [-0.15, -0.1) is 0 Å². The molecule has 1 unspecified atom stereocenters. The molecule has 0 radical (unpaired) electrons. The molecule has 4 heteroatoms. The molecule has 0 spiro atoms. The fourth-order valence-electron chi connectivity index (χ4n) is 2.44. The van der Waals surface area contributed by atoms with Gasteiger partial charge in [-0.2, -0.15) is 0 Å². The van der Waals surface area contributed by atoms with Crippen molar-refractivity contribution in [3.63, 3.8) is 0 Å². The summed E-state index contributed by atoms with van der Waals surface area (Å²) in [6, 6.07) is 12.3. The summed E-state index contributed by atoms with van der Waals surface area (Å²) in [4.78, 5) is 4.13. The number of hydrogen-bond acceptors (Lipinski definition) is 3. The summed E-state index contributed by atoms with van der Waals surface area (Å²) in [5, 5.41) is 3.88. The van der Waals surface area contributed by atoms with Crippen LogP contribution in [0, 0.1) is 0 Å². The van der Waals surface area contributed by atoms with Crippen LogP contribution >= 0.6 is 11.6 Å². The first-order valence-electron chi connectivity index (χ1n) is 6.84. The minimum atomic E-state index is 0.266. The van der Waals surface area contributed by atoms with Gasteiger partial charge >= 0.3 is 0 Å². The van der Waals surface area contributed by atoms with Crippen molar-refractivity contribution in [3.8, 4) is 11.1 Å². The van der Waals surface area contributed by atoms with Crippen LogP contribution in [0.25, 0.3) is 11.1 Å². The largest absolute Gasteiger partial charge is 0.375 e. The number of rotatable bonds is 3. The molecule has 0 saturated carbocycles. The van der Waals surface area contributed by atoms with E-state index in [0.29, 0.717) is 5.15 Å². The predicted octanol–water partition coefficient (Wildman–Crippen LogP) is 2.93. The van der Waals surface area contributed by atoms with Gasteiger partial charge in [0, 0.05) is 24.8 Å². The van der Waals surface area contributed by atoms with E-state index in [1.54, 1.807) is 6.20 Å². The lowest BCUT2D eigenvalue weighted by molar-refractivity contribution is 0.0292. The van der Waals surface area contributed by atoms with Crippen molar-refractivity contribution in [1.29, 1.82) is 0 Å². The van der Waals surface area contributed by atoms with Gasteiger partial charge in [-0.05, 0) is 29.7 Å². The maximum Gasteiger partial charge on any atom is 0.129 e. The van der Waals surface area contributed by atoms with Crippen LogP contribution in [0.1, 0.15) is 5.56 Å². The van der Waals surface area contributed by atoms with Crippen molar-refractivity contribution in [1.82, 2.24) is 10.3 Å². The number of ether oxygens (including phenoxy) is 1. The van der Waals surface area contributed by atoms with E-state index in [4.69, 9.17) is 16.3 Å². The molecule has 1 aromatic heterocycles. The number of nitrogens with one attached hydrogen (secondary N) is 1. The molecule has 3 nitrogen and oxygen atoms in total. The van der Waals surface area contributed by atoms with Gasteiger partial charge in [-0.1, -0.05) is 35.9 Å². The standard InChI is InChI=1S/C16H17ClN2O/c17-16-5-4-14(10-19-16)13-3-1-2-12(8-13)9-15-11-18-6-7-20-15/h1-5,8,10,15,18H,6-7,9,11H2. The monoisotopic (exact) mass is 288 g/mol. The molecule has 3 rings (SSSR count). The van der Waals surface area contributed by atoms with Crippen LogP contribution in [0.5, 0.6) is 0 Å². The minimum Gasteiger partial charge on any atom is -0.375 e. The van der Waals surface area contributed by atoms with Crippen LogP contribution in [0.4, 0.5) is 0 Å². The predicted molar refractivity (Wildman–Crippen MR) is 81.0 cm³/mol. The van der Waals surface area contributed by atoms with Gasteiger partial charge in [0.1, 0.15) is 5.15 Å². The zero-order valence-electron chi connectivity index (χ0n) is 11.2. The third-order valence-electron chi connectivity index (χ3n) is 3.46. The Bertz CT molecular complexity index is 565. The molecular weight excluding hydrogens is 272 g/mol. The van der Waals surface area contributed by atoms with Gasteiger partial charge in [0.15, 0.2) is 0 Å². The molecular formula is C16H17ClN2O. The van der Waals surface area contributed by atoms with Gasteiger partial charge in [0.05, 0.1) is 12.7 Å². The van der Waals surface area contributed by atoms with Gasteiger partial charge in [0.2, 0.25) is 0 Å². The molecule has 0 bridgehead atoms. The lowest BCUT2D eigenvalue weighted by Gasteiger charge is -2.23. The van der Waals surface area contributed by atoms with E-state index in [2.05, 4.69) is 34.6 Å². The zero-order chi connectivity index (χ0) is 13.8. The Kier molecular flexibility index (Phi) is 4.31. The average Bonchev–Trinajstić information content (AvgIpc) is 2.49. The van der Waals surface area contributed by atoms with Crippen LogP contribution in [-0.2, 0) is 11.2 Å². The van der Waals surface area contributed by atoms with E-state index in [0.717, 1.165) is 37.2 Å². The SMILES string of the molecule is Clc1ccc(-c2cccc(CC3CNCCO3)c2)cn1. The Morgan fingerprint density at radius 1 is 1.25 bits per heavy atom. The number of hydrogen-bond donors (Lipinski definition) is 1. The summed E-state index contributed by atoms with van der Waals surface area (Å²) in [7, 11) is 0. The molecule has 104 valence electrons. The lowest BCUT2D eigenvalue weighted by Crippen LogP contribution is -2.39. The molecule has 1 aliphatic rings. The van der Waals surface area contributed by atoms with Gasteiger partial charge < -0.3 is 10.1 Å². The third kappa shape index (κ3) is 3.37. The average molecular weight is 289 g/mol. The van der Waals surface area contributed by atoms with Crippen LogP contribution in [0.15, 0.2) is 42.6 Å². The Balaban J connectivity index is 1.76. The summed E-state index contributed by atoms with van der Waals surface area (Å²) in [6.45, 7) is 2.67. The van der Waals surface area contributed by atoms with Gasteiger partial charge in [0.25, 0.3) is 0 Å². The second-order valence-electron chi connectivity index (χ2n) is 4.97. The maximum absolute atomic E-state index is 5.82. The number of pyridine rings is 1. The number of nitrogens with zero attached hydrogens (tertiary/aromatic N) is 1. The van der Waals surface area contributed by atoms with Crippen molar-refractivity contribution < 1.29 is 4.74 Å². The summed E-state index contributed by atoms with van der Waals surface area (Å²) in [6.07, 6.45) is 3.00. The van der Waals surface area contributed by atoms with Crippen molar-refractivity contribution in [2.45, 2.75) is 12.5 Å². The van der Waals surface area contributed by atoms with E-state index >= 15 is 0 Å². The summed E-state index contributed by atoms with van der Waals surface area (Å²) in [5.41, 5.74) is 3.53. The number of halogens is 1. The number of morpholine rings is 1. The Labute approximate surface area is 123 Å². The van der Waals surface area contributed by atoms with Gasteiger partial charge in [-0.25, -0.2) is 4.98 Å². The molecule has 2 aromatic rings. The Morgan fingerprint density at radius 2 is 2.20 bits per heavy atom.